The van der Waals surface area contributed by atoms with Crippen LogP contribution in [0.15, 0.2) is 17.1 Å². The summed E-state index contributed by atoms with van der Waals surface area (Å²) in [6.45, 7) is 1.84. The number of nitrogens with zero attached hydrogens (tertiary/aromatic N) is 1. The Morgan fingerprint density at radius 3 is 3.00 bits per heavy atom. The van der Waals surface area contributed by atoms with Crippen molar-refractivity contribution in [2.75, 3.05) is 6.61 Å². The number of esters is 1. The van der Waals surface area contributed by atoms with Gasteiger partial charge in [-0.3, -0.25) is 4.79 Å². The molecule has 0 unspecified atom stereocenters. The normalized spacial score (nSPS) is 9.14. The molecule has 1 heterocycles. The molecular formula is C9H8N2O3. The van der Waals surface area contributed by atoms with E-state index in [1.807, 2.05) is 0 Å². The maximum atomic E-state index is 11.2. The van der Waals surface area contributed by atoms with Crippen LogP contribution >= 0.6 is 0 Å². The van der Waals surface area contributed by atoms with E-state index in [1.54, 1.807) is 13.0 Å². The van der Waals surface area contributed by atoms with Crippen molar-refractivity contribution in [2.24, 2.45) is 0 Å². The molecule has 0 bridgehead atoms. The van der Waals surface area contributed by atoms with E-state index in [2.05, 4.69) is 9.72 Å². The van der Waals surface area contributed by atoms with Gasteiger partial charge in [-0.05, 0) is 6.92 Å². The average Bonchev–Trinajstić information content (AvgIpc) is 2.17. The Morgan fingerprint density at radius 1 is 1.71 bits per heavy atom. The fourth-order valence-electron chi connectivity index (χ4n) is 0.955. The molecule has 0 aliphatic heterocycles. The lowest BCUT2D eigenvalue weighted by molar-refractivity contribution is 0.0519. The van der Waals surface area contributed by atoms with Crippen LogP contribution in [0, 0.1) is 11.3 Å². The molecule has 5 heteroatoms. The number of nitrogens with one attached hydrogen (secondary N) is 1. The SMILES string of the molecule is CCOC(=O)c1[nH]ccc(=O)c1C#N. The molecule has 72 valence electrons. The molecule has 1 aromatic rings. The van der Waals surface area contributed by atoms with Crippen LogP contribution in [0.5, 0.6) is 0 Å². The van der Waals surface area contributed by atoms with Gasteiger partial charge >= 0.3 is 5.97 Å². The molecule has 0 amide bonds. The summed E-state index contributed by atoms with van der Waals surface area (Å²) >= 11 is 0. The highest BCUT2D eigenvalue weighted by Gasteiger charge is 2.14. The third kappa shape index (κ3) is 1.80. The number of H-pyrrole nitrogens is 1. The van der Waals surface area contributed by atoms with Crippen LogP contribution in [0.1, 0.15) is 23.0 Å². The van der Waals surface area contributed by atoms with E-state index in [9.17, 15) is 9.59 Å². The fourth-order valence-corrected chi connectivity index (χ4v) is 0.955. The Hall–Kier alpha value is -2.09. The summed E-state index contributed by atoms with van der Waals surface area (Å²) in [4.78, 5) is 24.9. The summed E-state index contributed by atoms with van der Waals surface area (Å²) in [6.07, 6.45) is 1.30. The minimum absolute atomic E-state index is 0.0955. The Morgan fingerprint density at radius 2 is 2.43 bits per heavy atom. The van der Waals surface area contributed by atoms with Crippen molar-refractivity contribution in [1.82, 2.24) is 4.98 Å². The second kappa shape index (κ2) is 4.23. The van der Waals surface area contributed by atoms with Crippen molar-refractivity contribution in [3.8, 4) is 6.07 Å². The molecule has 1 aromatic heterocycles. The summed E-state index contributed by atoms with van der Waals surface area (Å²) in [5, 5.41) is 8.64. The maximum absolute atomic E-state index is 11.2. The highest BCUT2D eigenvalue weighted by molar-refractivity contribution is 5.89. The number of carbonyl (C=O) groups is 1. The van der Waals surface area contributed by atoms with Crippen molar-refractivity contribution in [3.63, 3.8) is 0 Å². The first-order valence-electron chi connectivity index (χ1n) is 3.99. The Kier molecular flexibility index (Phi) is 3.02. The van der Waals surface area contributed by atoms with Crippen LogP contribution < -0.4 is 5.43 Å². The number of aromatic nitrogens is 1. The monoisotopic (exact) mass is 192 g/mol. The molecule has 1 N–H and O–H groups in total. The molecular weight excluding hydrogens is 184 g/mol. The van der Waals surface area contributed by atoms with E-state index in [0.717, 1.165) is 0 Å². The first kappa shape index (κ1) is 9.99. The van der Waals surface area contributed by atoms with Gasteiger partial charge in [0, 0.05) is 12.3 Å². The van der Waals surface area contributed by atoms with Gasteiger partial charge in [0.2, 0.25) is 0 Å². The summed E-state index contributed by atoms with van der Waals surface area (Å²) in [6, 6.07) is 2.84. The summed E-state index contributed by atoms with van der Waals surface area (Å²) in [5.41, 5.74) is -0.804. The van der Waals surface area contributed by atoms with Crippen LogP contribution in [0.2, 0.25) is 0 Å². The van der Waals surface area contributed by atoms with Gasteiger partial charge < -0.3 is 9.72 Å². The van der Waals surface area contributed by atoms with Crippen LogP contribution in [-0.4, -0.2) is 17.6 Å². The molecule has 0 atom stereocenters. The van der Waals surface area contributed by atoms with Crippen molar-refractivity contribution >= 4 is 5.97 Å². The number of pyridine rings is 1. The molecule has 5 nitrogen and oxygen atoms in total. The Bertz CT molecular complexity index is 442. The maximum Gasteiger partial charge on any atom is 0.356 e. The van der Waals surface area contributed by atoms with Crippen molar-refractivity contribution in [1.29, 1.82) is 5.26 Å². The van der Waals surface area contributed by atoms with E-state index in [1.165, 1.54) is 12.3 Å². The zero-order chi connectivity index (χ0) is 10.6. The molecule has 0 saturated carbocycles. The van der Waals surface area contributed by atoms with Crippen LogP contribution in [0.25, 0.3) is 0 Å². The molecule has 0 aromatic carbocycles. The summed E-state index contributed by atoms with van der Waals surface area (Å²) in [7, 11) is 0. The summed E-state index contributed by atoms with van der Waals surface area (Å²) < 4.78 is 4.67. The van der Waals surface area contributed by atoms with Gasteiger partial charge in [0.05, 0.1) is 6.61 Å². The topological polar surface area (TPSA) is 83.0 Å². The number of rotatable bonds is 2. The Balaban J connectivity index is 3.22. The molecule has 0 saturated heterocycles. The Labute approximate surface area is 79.9 Å². The molecule has 14 heavy (non-hydrogen) atoms. The molecule has 0 fully saturated rings. The molecule has 0 radical (unpaired) electrons. The number of hydrogen-bond donors (Lipinski definition) is 1. The van der Waals surface area contributed by atoms with E-state index < -0.39 is 11.4 Å². The third-order valence-corrected chi connectivity index (χ3v) is 1.55. The number of carbonyl (C=O) groups excluding carboxylic acids is 1. The largest absolute Gasteiger partial charge is 0.461 e. The number of ether oxygens (including phenoxy) is 1. The quantitative estimate of drug-likeness (QED) is 0.688. The molecule has 0 spiro atoms. The average molecular weight is 192 g/mol. The number of nitriles is 1. The second-order valence-electron chi connectivity index (χ2n) is 2.42. The third-order valence-electron chi connectivity index (χ3n) is 1.55. The zero-order valence-corrected chi connectivity index (χ0v) is 7.53. The minimum Gasteiger partial charge on any atom is -0.461 e. The lowest BCUT2D eigenvalue weighted by Crippen LogP contribution is -2.16. The van der Waals surface area contributed by atoms with E-state index in [-0.39, 0.29) is 17.9 Å². The number of hydrogen-bond acceptors (Lipinski definition) is 4. The van der Waals surface area contributed by atoms with E-state index >= 15 is 0 Å². The predicted molar refractivity (Wildman–Crippen MR) is 47.7 cm³/mol. The van der Waals surface area contributed by atoms with Gasteiger partial charge in [-0.15, -0.1) is 0 Å². The van der Waals surface area contributed by atoms with E-state index in [4.69, 9.17) is 5.26 Å². The smallest absolute Gasteiger partial charge is 0.356 e. The number of aromatic amines is 1. The van der Waals surface area contributed by atoms with Crippen molar-refractivity contribution in [2.45, 2.75) is 6.92 Å². The first-order valence-corrected chi connectivity index (χ1v) is 3.99. The van der Waals surface area contributed by atoms with Gasteiger partial charge in [0.1, 0.15) is 17.3 Å². The van der Waals surface area contributed by atoms with E-state index in [0.29, 0.717) is 0 Å². The second-order valence-corrected chi connectivity index (χ2v) is 2.42. The zero-order valence-electron chi connectivity index (χ0n) is 7.53. The van der Waals surface area contributed by atoms with Gasteiger partial charge in [-0.25, -0.2) is 4.79 Å². The highest BCUT2D eigenvalue weighted by Crippen LogP contribution is 2.00. The highest BCUT2D eigenvalue weighted by atomic mass is 16.5. The minimum atomic E-state index is -0.693. The first-order chi connectivity index (χ1) is 6.70. The van der Waals surface area contributed by atoms with Gasteiger partial charge in [0.15, 0.2) is 5.43 Å². The van der Waals surface area contributed by atoms with Crippen molar-refractivity contribution < 1.29 is 9.53 Å². The lowest BCUT2D eigenvalue weighted by Gasteiger charge is -2.01. The molecule has 0 aliphatic rings. The standard InChI is InChI=1S/C9H8N2O3/c1-2-14-9(13)8-6(5-10)7(12)3-4-11-8/h3-4H,2H2,1H3,(H,11,12). The van der Waals surface area contributed by atoms with Gasteiger partial charge in [-0.2, -0.15) is 5.26 Å². The van der Waals surface area contributed by atoms with Crippen LogP contribution in [0.4, 0.5) is 0 Å². The van der Waals surface area contributed by atoms with Gasteiger partial charge in [0.25, 0.3) is 0 Å². The van der Waals surface area contributed by atoms with Gasteiger partial charge in [-0.1, -0.05) is 0 Å². The van der Waals surface area contributed by atoms with Crippen LogP contribution in [-0.2, 0) is 4.74 Å². The summed E-state index contributed by atoms with van der Waals surface area (Å²) in [5.74, 6) is -0.693. The molecule has 1 rings (SSSR count). The lowest BCUT2D eigenvalue weighted by atomic mass is 10.2. The molecule has 0 aliphatic carbocycles. The fraction of sp³-hybridized carbons (Fsp3) is 0.222. The predicted octanol–water partition coefficient (Wildman–Crippen LogP) is 0.423. The van der Waals surface area contributed by atoms with Crippen molar-refractivity contribution in [3.05, 3.63) is 33.7 Å². The van der Waals surface area contributed by atoms with Crippen LogP contribution in [0.3, 0.4) is 0 Å².